The number of para-hydroxylation sites is 1. The topological polar surface area (TPSA) is 60.2 Å². The van der Waals surface area contributed by atoms with E-state index in [9.17, 15) is 5.11 Å². The second-order valence-corrected chi connectivity index (χ2v) is 8.14. The zero-order valence-corrected chi connectivity index (χ0v) is 18.8. The van der Waals surface area contributed by atoms with E-state index in [2.05, 4.69) is 38.2 Å². The second-order valence-electron chi connectivity index (χ2n) is 7.29. The van der Waals surface area contributed by atoms with E-state index in [4.69, 9.17) is 4.99 Å². The van der Waals surface area contributed by atoms with Crippen LogP contribution in [0.4, 0.5) is 0 Å². The first kappa shape index (κ1) is 22.4. The number of halogens is 1. The fraction of sp³-hybridized carbons (Fsp3) is 0.455. The number of phenols is 1. The summed E-state index contributed by atoms with van der Waals surface area (Å²) < 4.78 is 0.813. The first-order chi connectivity index (χ1) is 13.4. The van der Waals surface area contributed by atoms with Crippen LogP contribution in [0.25, 0.3) is 0 Å². The van der Waals surface area contributed by atoms with Gasteiger partial charge in [-0.2, -0.15) is 0 Å². The maximum atomic E-state index is 10.3. The predicted molar refractivity (Wildman–Crippen MR) is 123 cm³/mol. The normalized spacial score (nSPS) is 18.5. The first-order valence-corrected chi connectivity index (χ1v) is 10.5. The Morgan fingerprint density at radius 3 is 2.61 bits per heavy atom. The summed E-state index contributed by atoms with van der Waals surface area (Å²) in [5.41, 5.74) is 3.25. The summed E-state index contributed by atoms with van der Waals surface area (Å²) in [6.45, 7) is 7.26. The maximum Gasteiger partial charge on any atom is 0.124 e. The van der Waals surface area contributed by atoms with E-state index in [0.29, 0.717) is 17.2 Å². The molecule has 2 rings (SSSR count). The summed E-state index contributed by atoms with van der Waals surface area (Å²) in [5.74, 6) is 0.912. The third kappa shape index (κ3) is 6.91. The number of nitrogens with one attached hydrogen (secondary N) is 1. The van der Waals surface area contributed by atoms with Gasteiger partial charge in [0.25, 0.3) is 0 Å². The van der Waals surface area contributed by atoms with Crippen molar-refractivity contribution in [3.05, 3.63) is 51.8 Å². The van der Waals surface area contributed by atoms with Crippen LogP contribution in [0, 0.1) is 5.92 Å². The molecule has 1 aliphatic heterocycles. The van der Waals surface area contributed by atoms with Crippen LogP contribution in [0.2, 0.25) is 0 Å². The maximum absolute atomic E-state index is 10.3. The molecular weight excluding hydrogens is 416 g/mol. The largest absolute Gasteiger partial charge is 0.507 e. The molecule has 0 aromatic heterocycles. The zero-order valence-electron chi connectivity index (χ0n) is 17.2. The highest BCUT2D eigenvalue weighted by Gasteiger charge is 2.16. The van der Waals surface area contributed by atoms with Crippen molar-refractivity contribution in [1.29, 1.82) is 0 Å². The van der Waals surface area contributed by atoms with Gasteiger partial charge in [0.1, 0.15) is 5.75 Å². The molecule has 0 spiro atoms. The Morgan fingerprint density at radius 1 is 1.29 bits per heavy atom. The molecule has 0 unspecified atom stereocenters. The van der Waals surface area contributed by atoms with Crippen molar-refractivity contribution in [3.8, 4) is 5.75 Å². The van der Waals surface area contributed by atoms with Gasteiger partial charge in [-0.15, -0.1) is 0 Å². The van der Waals surface area contributed by atoms with E-state index in [-0.39, 0.29) is 5.75 Å². The highest BCUT2D eigenvalue weighted by molar-refractivity contribution is 9.12. The lowest BCUT2D eigenvalue weighted by molar-refractivity contribution is 0.218. The molecule has 2 N–H and O–H groups in total. The number of aliphatic imine (C=N–C) groups is 2. The van der Waals surface area contributed by atoms with Gasteiger partial charge in [-0.1, -0.05) is 12.1 Å². The number of benzene rings is 1. The molecule has 0 atom stereocenters. The third-order valence-corrected chi connectivity index (χ3v) is 5.70. The minimum absolute atomic E-state index is 0.216. The molecule has 6 heteroatoms. The molecule has 0 bridgehead atoms. The molecule has 1 fully saturated rings. The lowest BCUT2D eigenvalue weighted by atomic mass is 9.97. The van der Waals surface area contributed by atoms with Crippen molar-refractivity contribution in [2.45, 2.75) is 26.7 Å². The predicted octanol–water partition coefficient (Wildman–Crippen LogP) is 4.34. The minimum Gasteiger partial charge on any atom is -0.507 e. The van der Waals surface area contributed by atoms with Crippen molar-refractivity contribution in [3.63, 3.8) is 0 Å². The molecule has 1 saturated heterocycles. The second kappa shape index (κ2) is 11.2. The molecule has 1 aromatic rings. The van der Waals surface area contributed by atoms with E-state index >= 15 is 0 Å². The lowest BCUT2D eigenvalue weighted by Crippen LogP contribution is -2.34. The fourth-order valence-electron chi connectivity index (χ4n) is 3.13. The van der Waals surface area contributed by atoms with E-state index in [1.807, 2.05) is 38.1 Å². The Kier molecular flexibility index (Phi) is 8.93. The smallest absolute Gasteiger partial charge is 0.124 e. The van der Waals surface area contributed by atoms with Crippen LogP contribution >= 0.6 is 15.9 Å². The van der Waals surface area contributed by atoms with Gasteiger partial charge < -0.3 is 15.3 Å². The van der Waals surface area contributed by atoms with Crippen molar-refractivity contribution < 1.29 is 5.11 Å². The van der Waals surface area contributed by atoms with E-state index in [0.717, 1.165) is 35.5 Å². The van der Waals surface area contributed by atoms with E-state index in [1.54, 1.807) is 19.3 Å². The number of phenolic OH excluding ortho intramolecular Hbond substituents is 1. The number of rotatable bonds is 7. The average Bonchev–Trinajstić information content (AvgIpc) is 2.67. The summed E-state index contributed by atoms with van der Waals surface area (Å²) in [6.07, 6.45) is 6.16. The van der Waals surface area contributed by atoms with Crippen LogP contribution in [-0.2, 0) is 0 Å². The molecule has 152 valence electrons. The molecule has 0 amide bonds. The molecule has 1 aromatic carbocycles. The van der Waals surface area contributed by atoms with Gasteiger partial charge in [-0.05, 0) is 86.9 Å². The quantitative estimate of drug-likeness (QED) is 0.612. The Hall–Kier alpha value is -1.92. The van der Waals surface area contributed by atoms with Crippen LogP contribution in [0.5, 0.6) is 5.75 Å². The van der Waals surface area contributed by atoms with Crippen molar-refractivity contribution in [2.24, 2.45) is 15.9 Å². The molecule has 0 radical (unpaired) electrons. The van der Waals surface area contributed by atoms with Crippen LogP contribution in [0.3, 0.4) is 0 Å². The van der Waals surface area contributed by atoms with Crippen molar-refractivity contribution in [1.82, 2.24) is 10.2 Å². The van der Waals surface area contributed by atoms with Crippen molar-refractivity contribution >= 4 is 27.9 Å². The molecule has 1 heterocycles. The van der Waals surface area contributed by atoms with Gasteiger partial charge in [0.15, 0.2) is 0 Å². The highest BCUT2D eigenvalue weighted by atomic mass is 79.9. The van der Waals surface area contributed by atoms with E-state index in [1.165, 1.54) is 12.8 Å². The standard InChI is InChI=1S/C22H31BrN4O/c1-16(25-14-18-9-11-27(4)12-10-18)13-21(19-7-5-6-8-22(19)28)26-17(2)20(23)15-24-3/h5-8,13,15,18,25,28H,9-12,14H2,1-4H3/b16-13+,20-17-,24-15?,26-21+. The fourth-order valence-corrected chi connectivity index (χ4v) is 3.42. The van der Waals surface area contributed by atoms with Crippen LogP contribution in [-0.4, -0.2) is 55.7 Å². The van der Waals surface area contributed by atoms with Crippen molar-refractivity contribution in [2.75, 3.05) is 33.7 Å². The molecule has 28 heavy (non-hydrogen) atoms. The Bertz CT molecular complexity index is 774. The summed E-state index contributed by atoms with van der Waals surface area (Å²) in [4.78, 5) is 11.2. The molecule has 0 aliphatic carbocycles. The van der Waals surface area contributed by atoms with Gasteiger partial charge in [0.2, 0.25) is 0 Å². The number of aromatic hydroxyl groups is 1. The SMILES string of the molecule is CN=C/C(Br)=C(C)/N=C(\C=C(/C)NCC1CCN(C)CC1)c1ccccc1O. The Balaban J connectivity index is 2.22. The number of allylic oxidation sites excluding steroid dienone is 4. The first-order valence-electron chi connectivity index (χ1n) is 9.67. The average molecular weight is 447 g/mol. The molecule has 1 aliphatic rings. The monoisotopic (exact) mass is 446 g/mol. The van der Waals surface area contributed by atoms with E-state index < -0.39 is 0 Å². The number of piperidine rings is 1. The summed E-state index contributed by atoms with van der Waals surface area (Å²) >= 11 is 3.50. The molecular formula is C22H31BrN4O. The Labute approximate surface area is 177 Å². The van der Waals surface area contributed by atoms with Crippen LogP contribution < -0.4 is 5.32 Å². The van der Waals surface area contributed by atoms with Gasteiger partial charge in [-0.3, -0.25) is 9.98 Å². The summed E-state index contributed by atoms with van der Waals surface area (Å²) in [7, 11) is 3.90. The summed E-state index contributed by atoms with van der Waals surface area (Å²) in [5, 5.41) is 13.9. The number of hydrogen-bond acceptors (Lipinski definition) is 5. The zero-order chi connectivity index (χ0) is 20.5. The van der Waals surface area contributed by atoms with Gasteiger partial charge in [0, 0.05) is 31.1 Å². The third-order valence-electron chi connectivity index (χ3n) is 4.92. The molecule has 0 saturated carbocycles. The van der Waals surface area contributed by atoms with Gasteiger partial charge >= 0.3 is 0 Å². The number of nitrogens with zero attached hydrogens (tertiary/aromatic N) is 3. The Morgan fingerprint density at radius 2 is 1.96 bits per heavy atom. The van der Waals surface area contributed by atoms with Gasteiger partial charge in [0.05, 0.1) is 15.9 Å². The highest BCUT2D eigenvalue weighted by Crippen LogP contribution is 2.21. The molecule has 5 nitrogen and oxygen atoms in total. The number of hydrogen-bond donors (Lipinski definition) is 2. The van der Waals surface area contributed by atoms with Gasteiger partial charge in [-0.25, -0.2) is 0 Å². The number of likely N-dealkylation sites (tertiary alicyclic amines) is 1. The minimum atomic E-state index is 0.216. The summed E-state index contributed by atoms with van der Waals surface area (Å²) in [6, 6.07) is 7.28. The lowest BCUT2D eigenvalue weighted by Gasteiger charge is -2.29. The van der Waals surface area contributed by atoms with Crippen LogP contribution in [0.1, 0.15) is 32.3 Å². The van der Waals surface area contributed by atoms with Crippen LogP contribution in [0.15, 0.2) is 56.2 Å².